The fourth-order valence-electron chi connectivity index (χ4n) is 2.10. The number of aromatic nitrogens is 2. The average Bonchev–Trinajstić information content (AvgIpc) is 2.79. The molecular weight excluding hydrogens is 343 g/mol. The third-order valence-corrected chi connectivity index (χ3v) is 5.08. The molecule has 0 saturated carbocycles. The van der Waals surface area contributed by atoms with Crippen LogP contribution in [0.3, 0.4) is 0 Å². The van der Waals surface area contributed by atoms with Crippen molar-refractivity contribution in [1.82, 2.24) is 9.97 Å². The lowest BCUT2D eigenvalue weighted by molar-refractivity contribution is 0.911. The van der Waals surface area contributed by atoms with E-state index >= 15 is 0 Å². The van der Waals surface area contributed by atoms with Crippen LogP contribution >= 0.6 is 34.4 Å². The Balaban J connectivity index is 1.89. The highest BCUT2D eigenvalue weighted by Crippen LogP contribution is 2.32. The molecule has 0 saturated heterocycles. The van der Waals surface area contributed by atoms with Crippen LogP contribution in [0.15, 0.2) is 40.6 Å². The van der Waals surface area contributed by atoms with Gasteiger partial charge in [0.25, 0.3) is 0 Å². The molecule has 86 valence electrons. The normalized spacial score (nSPS) is 13.7. The molecule has 0 N–H and O–H groups in total. The Morgan fingerprint density at radius 3 is 2.94 bits per heavy atom. The van der Waals surface area contributed by atoms with Crippen molar-refractivity contribution in [2.75, 3.05) is 0 Å². The van der Waals surface area contributed by atoms with Crippen LogP contribution in [0.4, 0.5) is 0 Å². The Morgan fingerprint density at radius 1 is 1.18 bits per heavy atom. The lowest BCUT2D eigenvalue weighted by Crippen LogP contribution is -1.88. The molecule has 1 aliphatic rings. The van der Waals surface area contributed by atoms with Gasteiger partial charge in [0.1, 0.15) is 11.4 Å². The standard InChI is InChI=1S/C13H11IN2S/c14-12-7-15-8-16-13(12)17-11-5-4-9-2-1-3-10(9)6-11/h4-8H,1-3H2. The molecule has 0 amide bonds. The number of aryl methyl sites for hydroxylation is 2. The van der Waals surface area contributed by atoms with Crippen molar-refractivity contribution in [3.05, 3.63) is 45.4 Å². The summed E-state index contributed by atoms with van der Waals surface area (Å²) in [7, 11) is 0. The van der Waals surface area contributed by atoms with Crippen molar-refractivity contribution >= 4 is 34.4 Å². The molecular formula is C13H11IN2S. The zero-order valence-electron chi connectivity index (χ0n) is 9.19. The van der Waals surface area contributed by atoms with Crippen LogP contribution in [-0.2, 0) is 12.8 Å². The van der Waals surface area contributed by atoms with E-state index in [0.717, 1.165) is 8.60 Å². The second-order valence-electron chi connectivity index (χ2n) is 4.06. The van der Waals surface area contributed by atoms with Gasteiger partial charge in [-0.3, -0.25) is 0 Å². The van der Waals surface area contributed by atoms with Crippen LogP contribution in [-0.4, -0.2) is 9.97 Å². The van der Waals surface area contributed by atoms with Gasteiger partial charge in [-0.15, -0.1) is 0 Å². The van der Waals surface area contributed by atoms with Gasteiger partial charge >= 0.3 is 0 Å². The molecule has 2 aromatic rings. The first-order chi connectivity index (χ1) is 8.33. The van der Waals surface area contributed by atoms with Crippen molar-refractivity contribution in [2.45, 2.75) is 29.2 Å². The van der Waals surface area contributed by atoms with Crippen LogP contribution in [0.1, 0.15) is 17.5 Å². The molecule has 0 bridgehead atoms. The van der Waals surface area contributed by atoms with Crippen molar-refractivity contribution in [2.24, 2.45) is 0 Å². The number of benzene rings is 1. The van der Waals surface area contributed by atoms with Crippen LogP contribution < -0.4 is 0 Å². The average molecular weight is 354 g/mol. The SMILES string of the molecule is Ic1cncnc1Sc1ccc2c(c1)CCC2. The van der Waals surface area contributed by atoms with Gasteiger partial charge in [0, 0.05) is 11.1 Å². The minimum atomic E-state index is 1.04. The first kappa shape index (κ1) is 11.5. The predicted molar refractivity (Wildman–Crippen MR) is 77.3 cm³/mol. The molecule has 0 aliphatic heterocycles. The van der Waals surface area contributed by atoms with E-state index < -0.39 is 0 Å². The first-order valence-electron chi connectivity index (χ1n) is 5.58. The van der Waals surface area contributed by atoms with Crippen LogP contribution in [0, 0.1) is 3.57 Å². The molecule has 1 heterocycles. The third kappa shape index (κ3) is 2.47. The van der Waals surface area contributed by atoms with E-state index in [1.807, 2.05) is 6.20 Å². The number of hydrogen-bond acceptors (Lipinski definition) is 3. The smallest absolute Gasteiger partial charge is 0.118 e. The van der Waals surface area contributed by atoms with Gasteiger partial charge in [-0.2, -0.15) is 0 Å². The molecule has 1 aromatic carbocycles. The molecule has 1 aromatic heterocycles. The Morgan fingerprint density at radius 2 is 2.06 bits per heavy atom. The molecule has 0 fully saturated rings. The Kier molecular flexibility index (Phi) is 3.33. The minimum Gasteiger partial charge on any atom is -0.244 e. The summed E-state index contributed by atoms with van der Waals surface area (Å²) in [5.41, 5.74) is 3.03. The van der Waals surface area contributed by atoms with Crippen molar-refractivity contribution in [3.8, 4) is 0 Å². The van der Waals surface area contributed by atoms with Crippen LogP contribution in [0.2, 0.25) is 0 Å². The highest BCUT2D eigenvalue weighted by molar-refractivity contribution is 14.1. The second kappa shape index (κ2) is 4.94. The largest absolute Gasteiger partial charge is 0.244 e. The Bertz CT molecular complexity index is 557. The molecule has 0 spiro atoms. The van der Waals surface area contributed by atoms with E-state index in [-0.39, 0.29) is 0 Å². The van der Waals surface area contributed by atoms with Gasteiger partial charge in [0.15, 0.2) is 0 Å². The monoisotopic (exact) mass is 354 g/mol. The molecule has 0 radical (unpaired) electrons. The van der Waals surface area contributed by atoms with Crippen molar-refractivity contribution in [3.63, 3.8) is 0 Å². The van der Waals surface area contributed by atoms with Crippen molar-refractivity contribution < 1.29 is 0 Å². The summed E-state index contributed by atoms with van der Waals surface area (Å²) < 4.78 is 1.11. The van der Waals surface area contributed by atoms with Gasteiger partial charge in [-0.05, 0) is 65.1 Å². The molecule has 4 heteroatoms. The fraction of sp³-hybridized carbons (Fsp3) is 0.231. The molecule has 2 nitrogen and oxygen atoms in total. The van der Waals surface area contributed by atoms with Crippen LogP contribution in [0.5, 0.6) is 0 Å². The second-order valence-corrected chi connectivity index (χ2v) is 6.29. The van der Waals surface area contributed by atoms with E-state index in [1.54, 1.807) is 18.1 Å². The summed E-state index contributed by atoms with van der Waals surface area (Å²) in [6.07, 6.45) is 7.23. The molecule has 3 rings (SSSR count). The van der Waals surface area contributed by atoms with E-state index in [2.05, 4.69) is 50.8 Å². The number of halogens is 1. The van der Waals surface area contributed by atoms with Gasteiger partial charge in [-0.25, -0.2) is 9.97 Å². The molecule has 0 unspecified atom stereocenters. The maximum Gasteiger partial charge on any atom is 0.118 e. The fourth-order valence-corrected chi connectivity index (χ4v) is 3.54. The predicted octanol–water partition coefficient (Wildman–Crippen LogP) is 3.72. The Labute approximate surface area is 118 Å². The van der Waals surface area contributed by atoms with Gasteiger partial charge < -0.3 is 0 Å². The number of rotatable bonds is 2. The maximum absolute atomic E-state index is 4.31. The first-order valence-corrected chi connectivity index (χ1v) is 7.47. The number of fused-ring (bicyclic) bond motifs is 1. The highest BCUT2D eigenvalue weighted by atomic mass is 127. The molecule has 1 aliphatic carbocycles. The maximum atomic E-state index is 4.31. The minimum absolute atomic E-state index is 1.04. The van der Waals surface area contributed by atoms with Gasteiger partial charge in [0.2, 0.25) is 0 Å². The summed E-state index contributed by atoms with van der Waals surface area (Å²) in [5, 5.41) is 1.04. The summed E-state index contributed by atoms with van der Waals surface area (Å²) in [4.78, 5) is 9.60. The van der Waals surface area contributed by atoms with E-state index in [4.69, 9.17) is 0 Å². The summed E-state index contributed by atoms with van der Waals surface area (Å²) in [5.74, 6) is 0. The van der Waals surface area contributed by atoms with E-state index in [1.165, 1.54) is 35.3 Å². The lowest BCUT2D eigenvalue weighted by atomic mass is 10.1. The van der Waals surface area contributed by atoms with Gasteiger partial charge in [0.05, 0.1) is 3.57 Å². The summed E-state index contributed by atoms with van der Waals surface area (Å²) in [6, 6.07) is 6.77. The highest BCUT2D eigenvalue weighted by Gasteiger charge is 2.12. The lowest BCUT2D eigenvalue weighted by Gasteiger charge is -2.05. The van der Waals surface area contributed by atoms with E-state index in [9.17, 15) is 0 Å². The van der Waals surface area contributed by atoms with Gasteiger partial charge in [-0.1, -0.05) is 17.8 Å². The number of hydrogen-bond donors (Lipinski definition) is 0. The molecule has 0 atom stereocenters. The molecule has 17 heavy (non-hydrogen) atoms. The van der Waals surface area contributed by atoms with E-state index in [0.29, 0.717) is 0 Å². The van der Waals surface area contributed by atoms with Crippen LogP contribution in [0.25, 0.3) is 0 Å². The topological polar surface area (TPSA) is 25.8 Å². The number of nitrogens with zero attached hydrogens (tertiary/aromatic N) is 2. The zero-order chi connectivity index (χ0) is 11.7. The third-order valence-electron chi connectivity index (χ3n) is 2.92. The summed E-state index contributed by atoms with van der Waals surface area (Å²) in [6.45, 7) is 0. The zero-order valence-corrected chi connectivity index (χ0v) is 12.2. The Hall–Kier alpha value is -0.620. The summed E-state index contributed by atoms with van der Waals surface area (Å²) >= 11 is 4.00. The quantitative estimate of drug-likeness (QED) is 0.607. The van der Waals surface area contributed by atoms with Crippen molar-refractivity contribution in [1.29, 1.82) is 0 Å².